The van der Waals surface area contributed by atoms with Crippen molar-refractivity contribution in [2.24, 2.45) is 0 Å². The molecule has 1 fully saturated rings. The molecule has 4 N–H and O–H groups in total. The number of carbonyl (C=O) groups is 2. The van der Waals surface area contributed by atoms with Gasteiger partial charge in [-0.3, -0.25) is 14.5 Å². The van der Waals surface area contributed by atoms with E-state index in [9.17, 15) is 9.59 Å². The summed E-state index contributed by atoms with van der Waals surface area (Å²) in [4.78, 5) is 25.3. The van der Waals surface area contributed by atoms with E-state index < -0.39 is 17.4 Å². The molecule has 0 aromatic heterocycles. The van der Waals surface area contributed by atoms with Gasteiger partial charge in [0.25, 0.3) is 0 Å². The van der Waals surface area contributed by atoms with E-state index >= 15 is 0 Å². The first-order valence-corrected chi connectivity index (χ1v) is 6.59. The lowest BCUT2D eigenvalue weighted by molar-refractivity contribution is -0.140. The number of amides is 2. The van der Waals surface area contributed by atoms with Crippen LogP contribution >= 0.6 is 0 Å². The largest absolute Gasteiger partial charge is 0.394 e. The van der Waals surface area contributed by atoms with E-state index in [4.69, 9.17) is 5.11 Å². The minimum atomic E-state index is -0.785. The Morgan fingerprint density at radius 1 is 1.26 bits per heavy atom. The highest BCUT2D eigenvalue weighted by Gasteiger charge is 2.23. The molecule has 7 heteroatoms. The molecule has 1 rings (SSSR count). The topological polar surface area (TPSA) is 93.7 Å². The monoisotopic (exact) mass is 272 g/mol. The zero-order chi connectivity index (χ0) is 14.3. The normalized spacial score (nSPS) is 17.0. The highest BCUT2D eigenvalue weighted by atomic mass is 16.3. The van der Waals surface area contributed by atoms with Crippen LogP contribution < -0.4 is 16.0 Å². The fraction of sp³-hybridized carbons (Fsp3) is 0.833. The molecule has 0 radical (unpaired) electrons. The molecule has 1 saturated heterocycles. The Kier molecular flexibility index (Phi) is 6.20. The van der Waals surface area contributed by atoms with E-state index in [-0.39, 0.29) is 6.61 Å². The van der Waals surface area contributed by atoms with Crippen LogP contribution in [0.25, 0.3) is 0 Å². The van der Waals surface area contributed by atoms with Gasteiger partial charge in [0, 0.05) is 39.3 Å². The lowest BCUT2D eigenvalue weighted by Gasteiger charge is -2.27. The number of hydrogen-bond donors (Lipinski definition) is 4. The van der Waals surface area contributed by atoms with Crippen molar-refractivity contribution in [2.75, 3.05) is 45.9 Å². The van der Waals surface area contributed by atoms with Gasteiger partial charge in [0.05, 0.1) is 12.1 Å². The molecule has 0 aliphatic carbocycles. The van der Waals surface area contributed by atoms with E-state index in [0.29, 0.717) is 6.54 Å². The Hall–Kier alpha value is -1.18. The molecule has 110 valence electrons. The van der Waals surface area contributed by atoms with Gasteiger partial charge in [0.15, 0.2) is 0 Å². The second-order valence-electron chi connectivity index (χ2n) is 5.34. The zero-order valence-corrected chi connectivity index (χ0v) is 11.7. The molecule has 7 nitrogen and oxygen atoms in total. The molecule has 0 atom stereocenters. The van der Waals surface area contributed by atoms with E-state index in [0.717, 1.165) is 32.7 Å². The molecule has 1 aliphatic rings. The Morgan fingerprint density at radius 3 is 2.47 bits per heavy atom. The van der Waals surface area contributed by atoms with Crippen LogP contribution in [-0.2, 0) is 9.59 Å². The van der Waals surface area contributed by atoms with Crippen LogP contribution in [0.5, 0.6) is 0 Å². The first kappa shape index (κ1) is 15.9. The summed E-state index contributed by atoms with van der Waals surface area (Å²) in [7, 11) is 0. The Labute approximate surface area is 113 Å². The molecular formula is C12H24N4O3. The van der Waals surface area contributed by atoms with Gasteiger partial charge in [-0.05, 0) is 13.8 Å². The van der Waals surface area contributed by atoms with Crippen LogP contribution in [0.15, 0.2) is 0 Å². The summed E-state index contributed by atoms with van der Waals surface area (Å²) in [5.41, 5.74) is -0.785. The van der Waals surface area contributed by atoms with Crippen molar-refractivity contribution >= 4 is 11.8 Å². The van der Waals surface area contributed by atoms with Crippen molar-refractivity contribution in [3.05, 3.63) is 0 Å². The number of nitrogens with one attached hydrogen (secondary N) is 3. The van der Waals surface area contributed by atoms with Gasteiger partial charge in [0.1, 0.15) is 0 Å². The number of nitrogens with zero attached hydrogens (tertiary/aromatic N) is 1. The fourth-order valence-corrected chi connectivity index (χ4v) is 1.75. The maximum Gasteiger partial charge on any atom is 0.309 e. The van der Waals surface area contributed by atoms with Gasteiger partial charge in [0.2, 0.25) is 0 Å². The number of piperazine rings is 1. The molecule has 19 heavy (non-hydrogen) atoms. The van der Waals surface area contributed by atoms with Crippen LogP contribution in [0.2, 0.25) is 0 Å². The minimum absolute atomic E-state index is 0.215. The first-order valence-electron chi connectivity index (χ1n) is 6.59. The quantitative estimate of drug-likeness (QED) is 0.430. The van der Waals surface area contributed by atoms with Crippen molar-refractivity contribution in [1.82, 2.24) is 20.9 Å². The summed E-state index contributed by atoms with van der Waals surface area (Å²) >= 11 is 0. The molecule has 1 heterocycles. The van der Waals surface area contributed by atoms with Crippen molar-refractivity contribution in [3.8, 4) is 0 Å². The van der Waals surface area contributed by atoms with Gasteiger partial charge < -0.3 is 21.1 Å². The molecule has 1 aliphatic heterocycles. The maximum atomic E-state index is 11.5. The maximum absolute atomic E-state index is 11.5. The first-order chi connectivity index (χ1) is 8.94. The SMILES string of the molecule is CC(C)(CO)NC(=O)C(=O)NCCN1CCNCC1. The third-order valence-electron chi connectivity index (χ3n) is 2.98. The van der Waals surface area contributed by atoms with Gasteiger partial charge in [-0.15, -0.1) is 0 Å². The number of carbonyl (C=O) groups excluding carboxylic acids is 2. The van der Waals surface area contributed by atoms with E-state index in [1.165, 1.54) is 0 Å². The Bertz CT molecular complexity index is 314. The number of aliphatic hydroxyl groups excluding tert-OH is 1. The van der Waals surface area contributed by atoms with Crippen LogP contribution in [0, 0.1) is 0 Å². The van der Waals surface area contributed by atoms with Crippen LogP contribution in [0.4, 0.5) is 0 Å². The van der Waals surface area contributed by atoms with Crippen molar-refractivity contribution in [2.45, 2.75) is 19.4 Å². The standard InChI is InChI=1S/C12H24N4O3/c1-12(2,9-17)15-11(19)10(18)14-5-8-16-6-3-13-4-7-16/h13,17H,3-9H2,1-2H3,(H,14,18)(H,15,19). The lowest BCUT2D eigenvalue weighted by atomic mass is 10.1. The predicted molar refractivity (Wildman–Crippen MR) is 71.6 cm³/mol. The number of aliphatic hydroxyl groups is 1. The molecule has 0 unspecified atom stereocenters. The summed E-state index contributed by atoms with van der Waals surface area (Å²) in [5, 5.41) is 17.3. The second kappa shape index (κ2) is 7.42. The fourth-order valence-electron chi connectivity index (χ4n) is 1.75. The molecule has 0 spiro atoms. The van der Waals surface area contributed by atoms with Crippen molar-refractivity contribution in [3.63, 3.8) is 0 Å². The Balaban J connectivity index is 2.21. The van der Waals surface area contributed by atoms with E-state index in [1.54, 1.807) is 13.8 Å². The summed E-state index contributed by atoms with van der Waals surface area (Å²) in [6.07, 6.45) is 0. The van der Waals surface area contributed by atoms with Crippen molar-refractivity contribution < 1.29 is 14.7 Å². The smallest absolute Gasteiger partial charge is 0.309 e. The number of rotatable bonds is 5. The summed E-state index contributed by atoms with van der Waals surface area (Å²) in [6.45, 7) is 8.11. The molecule has 0 aromatic rings. The van der Waals surface area contributed by atoms with E-state index in [2.05, 4.69) is 20.9 Å². The predicted octanol–water partition coefficient (Wildman–Crippen LogP) is -2.11. The van der Waals surface area contributed by atoms with Gasteiger partial charge in [-0.2, -0.15) is 0 Å². The van der Waals surface area contributed by atoms with Gasteiger partial charge >= 0.3 is 11.8 Å². The summed E-state index contributed by atoms with van der Waals surface area (Å²) in [5.74, 6) is -1.36. The van der Waals surface area contributed by atoms with Crippen LogP contribution in [0.1, 0.15) is 13.8 Å². The molecule has 0 aromatic carbocycles. The molecule has 0 saturated carbocycles. The molecule has 2 amide bonds. The molecule has 0 bridgehead atoms. The Morgan fingerprint density at radius 2 is 1.89 bits per heavy atom. The second-order valence-corrected chi connectivity index (χ2v) is 5.34. The van der Waals surface area contributed by atoms with E-state index in [1.807, 2.05) is 0 Å². The average molecular weight is 272 g/mol. The summed E-state index contributed by atoms with van der Waals surface area (Å²) in [6, 6.07) is 0. The third-order valence-corrected chi connectivity index (χ3v) is 2.98. The third kappa shape index (κ3) is 6.00. The minimum Gasteiger partial charge on any atom is -0.394 e. The highest BCUT2D eigenvalue weighted by molar-refractivity contribution is 6.35. The zero-order valence-electron chi connectivity index (χ0n) is 11.7. The summed E-state index contributed by atoms with van der Waals surface area (Å²) < 4.78 is 0. The van der Waals surface area contributed by atoms with Gasteiger partial charge in [-0.25, -0.2) is 0 Å². The number of hydrogen-bond acceptors (Lipinski definition) is 5. The average Bonchev–Trinajstić information content (AvgIpc) is 2.39. The van der Waals surface area contributed by atoms with Crippen molar-refractivity contribution in [1.29, 1.82) is 0 Å². The lowest BCUT2D eigenvalue weighted by Crippen LogP contribution is -2.52. The van der Waals surface area contributed by atoms with Gasteiger partial charge in [-0.1, -0.05) is 0 Å². The highest BCUT2D eigenvalue weighted by Crippen LogP contribution is 1.98. The van der Waals surface area contributed by atoms with Crippen LogP contribution in [-0.4, -0.2) is 73.2 Å². The van der Waals surface area contributed by atoms with Crippen LogP contribution in [0.3, 0.4) is 0 Å². The molecular weight excluding hydrogens is 248 g/mol.